The molecule has 0 aliphatic heterocycles. The van der Waals surface area contributed by atoms with Gasteiger partial charge in [0.2, 0.25) is 5.91 Å². The van der Waals surface area contributed by atoms with Gasteiger partial charge in [0.05, 0.1) is 28.3 Å². The van der Waals surface area contributed by atoms with Gasteiger partial charge in [0.15, 0.2) is 11.5 Å². The molecule has 0 saturated carbocycles. The number of hydrogen-bond acceptors (Lipinski definition) is 6. The average Bonchev–Trinajstić information content (AvgIpc) is 3.61. The molecule has 6 rings (SSSR count). The lowest BCUT2D eigenvalue weighted by molar-refractivity contribution is -0.116. The fourth-order valence-corrected chi connectivity index (χ4v) is 5.18. The van der Waals surface area contributed by atoms with Crippen LogP contribution in [0, 0.1) is 6.92 Å². The molecule has 1 aromatic carbocycles. The van der Waals surface area contributed by atoms with Gasteiger partial charge in [-0.1, -0.05) is 19.1 Å². The summed E-state index contributed by atoms with van der Waals surface area (Å²) < 4.78 is 0. The molecule has 0 atom stereocenters. The minimum Gasteiger partial charge on any atom is -0.337 e. The van der Waals surface area contributed by atoms with Crippen LogP contribution in [0.25, 0.3) is 55.2 Å². The number of aromatic amines is 2. The standard InChI is InChI=1S/C27H23N7OS/c1-3-5-23(35)30-18-10-16(12-28-14-18)17-11-20-25(33-34-26(20)29-13-17)27-31-21-7-4-6-19(24(21)32-27)22-9-8-15(2)36-22/h4,6-14H,3,5H2,1-2H3,(H,30,35)(H,31,32)(H,29,33,34). The fraction of sp³-hybridized carbons (Fsp3) is 0.148. The number of benzene rings is 1. The molecule has 5 heterocycles. The lowest BCUT2D eigenvalue weighted by Gasteiger charge is -2.07. The Morgan fingerprint density at radius 2 is 1.97 bits per heavy atom. The van der Waals surface area contributed by atoms with Crippen LogP contribution < -0.4 is 5.32 Å². The second-order valence-corrected chi connectivity index (χ2v) is 9.94. The molecule has 0 bridgehead atoms. The van der Waals surface area contributed by atoms with Crippen LogP contribution in [-0.2, 0) is 4.79 Å². The van der Waals surface area contributed by atoms with Crippen molar-refractivity contribution in [2.24, 2.45) is 0 Å². The van der Waals surface area contributed by atoms with Gasteiger partial charge in [0.25, 0.3) is 0 Å². The average molecular weight is 494 g/mol. The van der Waals surface area contributed by atoms with Gasteiger partial charge in [-0.25, -0.2) is 9.97 Å². The third-order valence-corrected chi connectivity index (χ3v) is 7.03. The first-order valence-electron chi connectivity index (χ1n) is 11.7. The van der Waals surface area contributed by atoms with Gasteiger partial charge in [-0.15, -0.1) is 11.3 Å². The van der Waals surface area contributed by atoms with E-state index in [1.54, 1.807) is 29.9 Å². The van der Waals surface area contributed by atoms with E-state index in [1.165, 1.54) is 9.75 Å². The largest absolute Gasteiger partial charge is 0.337 e. The Bertz CT molecular complexity index is 1730. The van der Waals surface area contributed by atoms with Crippen molar-refractivity contribution in [3.8, 4) is 33.1 Å². The van der Waals surface area contributed by atoms with Crippen molar-refractivity contribution in [1.29, 1.82) is 0 Å². The third-order valence-electron chi connectivity index (χ3n) is 6.00. The van der Waals surface area contributed by atoms with Crippen molar-refractivity contribution >= 4 is 45.0 Å². The van der Waals surface area contributed by atoms with Gasteiger partial charge in [-0.3, -0.25) is 14.9 Å². The number of para-hydroxylation sites is 1. The number of carbonyl (C=O) groups excluding carboxylic acids is 1. The van der Waals surface area contributed by atoms with Crippen LogP contribution >= 0.6 is 11.3 Å². The first-order valence-corrected chi connectivity index (χ1v) is 12.6. The third kappa shape index (κ3) is 4.03. The highest BCUT2D eigenvalue weighted by Crippen LogP contribution is 2.35. The number of pyridine rings is 2. The quantitative estimate of drug-likeness (QED) is 0.251. The number of nitrogens with zero attached hydrogens (tertiary/aromatic N) is 4. The number of amides is 1. The van der Waals surface area contributed by atoms with E-state index in [0.29, 0.717) is 23.6 Å². The van der Waals surface area contributed by atoms with E-state index in [4.69, 9.17) is 4.98 Å². The van der Waals surface area contributed by atoms with Gasteiger partial charge >= 0.3 is 0 Å². The van der Waals surface area contributed by atoms with Gasteiger partial charge in [0.1, 0.15) is 5.69 Å². The maximum absolute atomic E-state index is 12.0. The second-order valence-electron chi connectivity index (χ2n) is 8.65. The van der Waals surface area contributed by atoms with E-state index in [9.17, 15) is 4.79 Å². The summed E-state index contributed by atoms with van der Waals surface area (Å²) in [6, 6.07) is 14.4. The molecule has 0 aliphatic carbocycles. The summed E-state index contributed by atoms with van der Waals surface area (Å²) in [5.41, 5.74) is 6.73. The number of nitrogens with one attached hydrogen (secondary N) is 3. The molecular weight excluding hydrogens is 470 g/mol. The van der Waals surface area contributed by atoms with Crippen molar-refractivity contribution < 1.29 is 4.79 Å². The highest BCUT2D eigenvalue weighted by molar-refractivity contribution is 7.15. The first kappa shape index (κ1) is 22.1. The SMILES string of the molecule is CCCC(=O)Nc1cncc(-c2cnc3n[nH]c(-c4nc5c(-c6ccc(C)s6)cccc5[nH]4)c3c2)c1. The number of aryl methyl sites for hydroxylation is 1. The number of hydrogen-bond donors (Lipinski definition) is 3. The summed E-state index contributed by atoms with van der Waals surface area (Å²) in [7, 11) is 0. The lowest BCUT2D eigenvalue weighted by Crippen LogP contribution is -2.10. The molecule has 8 nitrogen and oxygen atoms in total. The lowest BCUT2D eigenvalue weighted by atomic mass is 10.1. The van der Waals surface area contributed by atoms with E-state index in [1.807, 2.05) is 31.2 Å². The summed E-state index contributed by atoms with van der Waals surface area (Å²) in [6.45, 7) is 4.08. The Kier molecular flexibility index (Phi) is 5.54. The number of aromatic nitrogens is 6. The monoisotopic (exact) mass is 493 g/mol. The van der Waals surface area contributed by atoms with Gasteiger partial charge in [0, 0.05) is 45.3 Å². The normalized spacial score (nSPS) is 11.4. The van der Waals surface area contributed by atoms with Crippen molar-refractivity contribution in [3.05, 3.63) is 65.9 Å². The van der Waals surface area contributed by atoms with E-state index < -0.39 is 0 Å². The number of imidazole rings is 1. The number of H-pyrrole nitrogens is 2. The molecule has 0 fully saturated rings. The molecule has 0 spiro atoms. The smallest absolute Gasteiger partial charge is 0.224 e. The zero-order valence-electron chi connectivity index (χ0n) is 19.8. The Morgan fingerprint density at radius 1 is 1.08 bits per heavy atom. The maximum Gasteiger partial charge on any atom is 0.224 e. The van der Waals surface area contributed by atoms with Crippen LogP contribution in [-0.4, -0.2) is 36.0 Å². The predicted octanol–water partition coefficient (Wildman–Crippen LogP) is 6.34. The summed E-state index contributed by atoms with van der Waals surface area (Å²) in [5.74, 6) is 0.676. The highest BCUT2D eigenvalue weighted by Gasteiger charge is 2.16. The van der Waals surface area contributed by atoms with Crippen LogP contribution in [0.15, 0.2) is 61.1 Å². The number of rotatable bonds is 6. The van der Waals surface area contributed by atoms with Crippen molar-refractivity contribution in [3.63, 3.8) is 0 Å². The second kappa shape index (κ2) is 9.01. The van der Waals surface area contributed by atoms with E-state index in [-0.39, 0.29) is 5.91 Å². The number of carbonyl (C=O) groups is 1. The molecule has 0 saturated heterocycles. The zero-order valence-corrected chi connectivity index (χ0v) is 20.6. The topological polar surface area (TPSA) is 112 Å². The van der Waals surface area contributed by atoms with Crippen molar-refractivity contribution in [1.82, 2.24) is 30.1 Å². The Labute approximate surface area is 210 Å². The van der Waals surface area contributed by atoms with Crippen LogP contribution in [0.2, 0.25) is 0 Å². The Hall–Kier alpha value is -4.37. The van der Waals surface area contributed by atoms with Gasteiger partial charge < -0.3 is 10.3 Å². The fourth-order valence-electron chi connectivity index (χ4n) is 4.28. The number of fused-ring (bicyclic) bond motifs is 2. The summed E-state index contributed by atoms with van der Waals surface area (Å²) in [6.07, 6.45) is 6.43. The molecular formula is C27H23N7OS. The molecule has 3 N–H and O–H groups in total. The molecule has 5 aromatic heterocycles. The summed E-state index contributed by atoms with van der Waals surface area (Å²) in [5, 5.41) is 11.3. The van der Waals surface area contributed by atoms with Crippen LogP contribution in [0.4, 0.5) is 5.69 Å². The molecule has 1 amide bonds. The molecule has 36 heavy (non-hydrogen) atoms. The van der Waals surface area contributed by atoms with E-state index in [0.717, 1.165) is 45.2 Å². The predicted molar refractivity (Wildman–Crippen MR) is 144 cm³/mol. The molecule has 0 unspecified atom stereocenters. The Balaban J connectivity index is 1.40. The summed E-state index contributed by atoms with van der Waals surface area (Å²) in [4.78, 5) is 31.7. The van der Waals surface area contributed by atoms with Gasteiger partial charge in [-0.05, 0) is 43.7 Å². The number of anilines is 1. The van der Waals surface area contributed by atoms with Crippen molar-refractivity contribution in [2.75, 3.05) is 5.32 Å². The zero-order chi connectivity index (χ0) is 24.6. The van der Waals surface area contributed by atoms with Crippen molar-refractivity contribution in [2.45, 2.75) is 26.7 Å². The van der Waals surface area contributed by atoms with Gasteiger partial charge in [-0.2, -0.15) is 5.10 Å². The molecule has 9 heteroatoms. The molecule has 178 valence electrons. The summed E-state index contributed by atoms with van der Waals surface area (Å²) >= 11 is 1.76. The van der Waals surface area contributed by atoms with Crippen LogP contribution in [0.3, 0.4) is 0 Å². The minimum absolute atomic E-state index is 0.0240. The van der Waals surface area contributed by atoms with E-state index in [2.05, 4.69) is 55.6 Å². The van der Waals surface area contributed by atoms with E-state index >= 15 is 0 Å². The molecule has 0 radical (unpaired) electrons. The highest BCUT2D eigenvalue weighted by atomic mass is 32.1. The van der Waals surface area contributed by atoms with Crippen LogP contribution in [0.5, 0.6) is 0 Å². The molecule has 6 aromatic rings. The van der Waals surface area contributed by atoms with Crippen LogP contribution in [0.1, 0.15) is 24.6 Å². The minimum atomic E-state index is -0.0240. The molecule has 0 aliphatic rings. The number of thiophene rings is 1. The maximum atomic E-state index is 12.0. The first-order chi connectivity index (χ1) is 17.6. The Morgan fingerprint density at radius 3 is 2.81 bits per heavy atom.